The van der Waals surface area contributed by atoms with E-state index in [0.29, 0.717) is 22.9 Å². The van der Waals surface area contributed by atoms with E-state index in [1.54, 1.807) is 18.5 Å². The fourth-order valence-corrected chi connectivity index (χ4v) is 3.75. The van der Waals surface area contributed by atoms with E-state index in [-0.39, 0.29) is 10.5 Å². The van der Waals surface area contributed by atoms with Gasteiger partial charge in [-0.2, -0.15) is 5.26 Å². The van der Waals surface area contributed by atoms with Crippen molar-refractivity contribution in [3.63, 3.8) is 0 Å². The first-order chi connectivity index (χ1) is 11.4. The Hall–Kier alpha value is -2.31. The highest BCUT2D eigenvalue weighted by Gasteiger charge is 2.52. The fraction of sp³-hybridized carbons (Fsp3) is 0.200. The Kier molecular flexibility index (Phi) is 4.11. The summed E-state index contributed by atoms with van der Waals surface area (Å²) in [6.45, 7) is 0. The quantitative estimate of drug-likeness (QED) is 0.825. The number of halogens is 1. The second kappa shape index (κ2) is 5.96. The smallest absolute Gasteiger partial charge is 0.265 e. The molecule has 0 aliphatic heterocycles. The van der Waals surface area contributed by atoms with Gasteiger partial charge in [-0.1, -0.05) is 0 Å². The van der Waals surface area contributed by atoms with Crippen LogP contribution in [0.5, 0.6) is 0 Å². The topological polar surface area (TPSA) is 113 Å². The number of sulfonamides is 1. The van der Waals surface area contributed by atoms with Crippen molar-refractivity contribution in [2.24, 2.45) is 0 Å². The largest absolute Gasteiger partial charge is 0.273 e. The number of nitrogens with zero attached hydrogens (tertiary/aromatic N) is 3. The van der Waals surface area contributed by atoms with Gasteiger partial charge in [-0.05, 0) is 46.5 Å². The van der Waals surface area contributed by atoms with E-state index < -0.39 is 21.3 Å². The molecule has 1 aliphatic carbocycles. The van der Waals surface area contributed by atoms with E-state index in [1.165, 1.54) is 12.3 Å². The number of amides is 1. The normalized spacial score (nSPS) is 15.3. The molecule has 1 N–H and O–H groups in total. The summed E-state index contributed by atoms with van der Waals surface area (Å²) in [5, 5.41) is 8.84. The van der Waals surface area contributed by atoms with Crippen LogP contribution < -0.4 is 4.72 Å². The first kappa shape index (κ1) is 16.5. The van der Waals surface area contributed by atoms with Crippen molar-refractivity contribution in [2.75, 3.05) is 0 Å². The number of hydrogen-bond donors (Lipinski definition) is 1. The summed E-state index contributed by atoms with van der Waals surface area (Å²) in [6.07, 6.45) is 6.58. The zero-order valence-electron chi connectivity index (χ0n) is 12.2. The molecular weight excluding hydrogens is 396 g/mol. The van der Waals surface area contributed by atoms with Gasteiger partial charge in [0.25, 0.3) is 10.0 Å². The van der Waals surface area contributed by atoms with Gasteiger partial charge in [-0.25, -0.2) is 13.1 Å². The highest BCUT2D eigenvalue weighted by molar-refractivity contribution is 9.10. The molecule has 1 amide bonds. The van der Waals surface area contributed by atoms with Gasteiger partial charge in [-0.3, -0.25) is 14.8 Å². The Bertz CT molecular complexity index is 965. The zero-order chi connectivity index (χ0) is 17.4. The van der Waals surface area contributed by atoms with E-state index in [1.807, 2.05) is 6.07 Å². The van der Waals surface area contributed by atoms with Crippen molar-refractivity contribution in [3.8, 4) is 6.07 Å². The summed E-state index contributed by atoms with van der Waals surface area (Å²) in [4.78, 5) is 20.1. The minimum atomic E-state index is -4.10. The Balaban J connectivity index is 1.88. The van der Waals surface area contributed by atoms with Crippen LogP contribution in [-0.4, -0.2) is 24.3 Å². The van der Waals surface area contributed by atoms with Gasteiger partial charge in [0.1, 0.15) is 11.0 Å². The molecule has 3 rings (SSSR count). The number of aromatic nitrogens is 2. The van der Waals surface area contributed by atoms with E-state index in [2.05, 4.69) is 30.6 Å². The molecule has 1 saturated carbocycles. The van der Waals surface area contributed by atoms with Crippen LogP contribution in [0.2, 0.25) is 0 Å². The maximum absolute atomic E-state index is 12.6. The lowest BCUT2D eigenvalue weighted by Crippen LogP contribution is -2.39. The fourth-order valence-electron chi connectivity index (χ4n) is 2.35. The number of carbonyl (C=O) groups is 1. The van der Waals surface area contributed by atoms with Gasteiger partial charge in [0.2, 0.25) is 5.91 Å². The van der Waals surface area contributed by atoms with Crippen LogP contribution in [0.4, 0.5) is 0 Å². The van der Waals surface area contributed by atoms with Gasteiger partial charge in [0.15, 0.2) is 0 Å². The Morgan fingerprint density at radius 3 is 2.54 bits per heavy atom. The highest BCUT2D eigenvalue weighted by Crippen LogP contribution is 2.48. The summed E-state index contributed by atoms with van der Waals surface area (Å²) < 4.78 is 27.6. The Morgan fingerprint density at radius 2 is 1.92 bits per heavy atom. The van der Waals surface area contributed by atoms with E-state index in [4.69, 9.17) is 5.26 Å². The van der Waals surface area contributed by atoms with Gasteiger partial charge >= 0.3 is 0 Å². The van der Waals surface area contributed by atoms with E-state index >= 15 is 0 Å². The van der Waals surface area contributed by atoms with Crippen molar-refractivity contribution >= 4 is 31.9 Å². The third-order valence-corrected chi connectivity index (χ3v) is 5.55. The number of rotatable bonds is 4. The van der Waals surface area contributed by atoms with Crippen LogP contribution in [0, 0.1) is 11.3 Å². The molecule has 0 atom stereocenters. The van der Waals surface area contributed by atoms with E-state index in [9.17, 15) is 13.2 Å². The van der Waals surface area contributed by atoms with Gasteiger partial charge in [0.05, 0.1) is 11.0 Å². The maximum Gasteiger partial charge on any atom is 0.265 e. The van der Waals surface area contributed by atoms with Crippen LogP contribution in [0.1, 0.15) is 24.0 Å². The second-order valence-corrected chi connectivity index (χ2v) is 8.03. The SMILES string of the molecule is N#Cc1cncc(S(=O)(=O)NC(=O)C2(c3cncc(Br)c3)CC2)c1. The number of hydrogen-bond acceptors (Lipinski definition) is 6. The summed E-state index contributed by atoms with van der Waals surface area (Å²) in [6, 6.07) is 4.74. The third kappa shape index (κ3) is 3.02. The van der Waals surface area contributed by atoms with Crippen molar-refractivity contribution in [3.05, 3.63) is 52.5 Å². The highest BCUT2D eigenvalue weighted by atomic mass is 79.9. The monoisotopic (exact) mass is 406 g/mol. The molecule has 0 aromatic carbocycles. The van der Waals surface area contributed by atoms with Gasteiger partial charge in [0, 0.05) is 29.3 Å². The Labute approximate surface area is 146 Å². The minimum Gasteiger partial charge on any atom is -0.273 e. The molecule has 2 aromatic heterocycles. The molecule has 1 aliphatic rings. The number of carbonyl (C=O) groups excluding carboxylic acids is 1. The molecule has 0 spiro atoms. The average molecular weight is 407 g/mol. The minimum absolute atomic E-state index is 0.0997. The van der Waals surface area contributed by atoms with Crippen molar-refractivity contribution in [1.82, 2.24) is 14.7 Å². The van der Waals surface area contributed by atoms with Crippen LogP contribution in [0.3, 0.4) is 0 Å². The summed E-state index contributed by atoms with van der Waals surface area (Å²) in [5.41, 5.74) is -0.125. The Morgan fingerprint density at radius 1 is 1.21 bits per heavy atom. The molecule has 2 heterocycles. The molecule has 0 saturated heterocycles. The van der Waals surface area contributed by atoms with Crippen LogP contribution in [0.15, 0.2) is 46.3 Å². The molecular formula is C15H11BrN4O3S. The van der Waals surface area contributed by atoms with Crippen LogP contribution in [0.25, 0.3) is 0 Å². The molecule has 2 aromatic rings. The summed E-state index contributed by atoms with van der Waals surface area (Å²) >= 11 is 3.29. The van der Waals surface area contributed by atoms with Gasteiger partial charge < -0.3 is 0 Å². The molecule has 122 valence electrons. The molecule has 1 fully saturated rings. The lowest BCUT2D eigenvalue weighted by molar-refractivity contribution is -0.121. The molecule has 24 heavy (non-hydrogen) atoms. The first-order valence-electron chi connectivity index (χ1n) is 6.91. The number of nitriles is 1. The summed E-state index contributed by atoms with van der Waals surface area (Å²) in [5.74, 6) is -0.607. The lowest BCUT2D eigenvalue weighted by Gasteiger charge is -2.15. The third-order valence-electron chi connectivity index (χ3n) is 3.82. The number of nitrogens with one attached hydrogen (secondary N) is 1. The number of pyridine rings is 2. The predicted octanol–water partition coefficient (Wildman–Crippen LogP) is 1.65. The molecule has 0 bridgehead atoms. The van der Waals surface area contributed by atoms with E-state index in [0.717, 1.165) is 6.20 Å². The standard InChI is InChI=1S/C15H11BrN4O3S/c16-12-4-11(7-19-8-12)15(1-2-15)14(21)20-24(22,23)13-3-10(5-17)6-18-9-13/h3-4,6-9H,1-2H2,(H,20,21). The lowest BCUT2D eigenvalue weighted by atomic mass is 9.97. The van der Waals surface area contributed by atoms with Crippen LogP contribution >= 0.6 is 15.9 Å². The van der Waals surface area contributed by atoms with Crippen molar-refractivity contribution in [1.29, 1.82) is 5.26 Å². The molecule has 7 nitrogen and oxygen atoms in total. The van der Waals surface area contributed by atoms with Crippen LogP contribution in [-0.2, 0) is 20.2 Å². The summed E-state index contributed by atoms with van der Waals surface area (Å²) in [7, 11) is -4.10. The average Bonchev–Trinajstić information content (AvgIpc) is 3.36. The van der Waals surface area contributed by atoms with Crippen molar-refractivity contribution in [2.45, 2.75) is 23.2 Å². The maximum atomic E-state index is 12.6. The first-order valence-corrected chi connectivity index (χ1v) is 9.18. The second-order valence-electron chi connectivity index (χ2n) is 5.43. The molecule has 9 heteroatoms. The van der Waals surface area contributed by atoms with Gasteiger partial charge in [-0.15, -0.1) is 0 Å². The zero-order valence-corrected chi connectivity index (χ0v) is 14.6. The molecule has 0 unspecified atom stereocenters. The predicted molar refractivity (Wildman–Crippen MR) is 87.1 cm³/mol. The van der Waals surface area contributed by atoms with Crippen molar-refractivity contribution < 1.29 is 13.2 Å². The molecule has 0 radical (unpaired) electrons.